The van der Waals surface area contributed by atoms with E-state index in [9.17, 15) is 9.90 Å². The first-order valence-corrected chi connectivity index (χ1v) is 11.4. The molecule has 4 rings (SSSR count). The quantitative estimate of drug-likeness (QED) is 0.498. The molecule has 0 radical (unpaired) electrons. The van der Waals surface area contributed by atoms with E-state index in [-0.39, 0.29) is 6.61 Å². The summed E-state index contributed by atoms with van der Waals surface area (Å²) in [7, 11) is 0. The van der Waals surface area contributed by atoms with E-state index in [2.05, 4.69) is 50.6 Å². The summed E-state index contributed by atoms with van der Waals surface area (Å²) >= 11 is 0. The molecule has 1 aromatic carbocycles. The first-order chi connectivity index (χ1) is 15.7. The second kappa shape index (κ2) is 10.1. The summed E-state index contributed by atoms with van der Waals surface area (Å²) in [4.78, 5) is 24.5. The highest BCUT2D eigenvalue weighted by Gasteiger charge is 2.18. The molecule has 2 N–H and O–H groups in total. The van der Waals surface area contributed by atoms with Gasteiger partial charge < -0.3 is 24.7 Å². The van der Waals surface area contributed by atoms with Crippen molar-refractivity contribution in [2.75, 3.05) is 42.9 Å². The van der Waals surface area contributed by atoms with Crippen LogP contribution in [0.1, 0.15) is 38.4 Å². The molecule has 170 valence electrons. The largest absolute Gasteiger partial charge is 0.390 e. The lowest BCUT2D eigenvalue weighted by Crippen LogP contribution is -2.46. The number of nitrogens with zero attached hydrogens (tertiary/aromatic N) is 5. The summed E-state index contributed by atoms with van der Waals surface area (Å²) in [6.07, 6.45) is 4.74. The molecule has 1 fully saturated rings. The molecule has 32 heavy (non-hydrogen) atoms. The summed E-state index contributed by atoms with van der Waals surface area (Å²) in [5, 5.41) is 14.1. The summed E-state index contributed by atoms with van der Waals surface area (Å²) < 4.78 is 2.15. The number of nitrogens with one attached hydrogen (secondary N) is 1. The Morgan fingerprint density at radius 2 is 1.84 bits per heavy atom. The van der Waals surface area contributed by atoms with Crippen LogP contribution in [0.2, 0.25) is 0 Å². The van der Waals surface area contributed by atoms with Gasteiger partial charge in [0.15, 0.2) is 0 Å². The second-order valence-corrected chi connectivity index (χ2v) is 8.23. The Morgan fingerprint density at radius 3 is 2.47 bits per heavy atom. The molecule has 0 saturated carbocycles. The number of carbonyl (C=O) groups is 1. The normalized spacial score (nSPS) is 14.9. The summed E-state index contributed by atoms with van der Waals surface area (Å²) in [6, 6.07) is 10.6. The average molecular weight is 437 g/mol. The van der Waals surface area contributed by atoms with Crippen LogP contribution in [0.5, 0.6) is 0 Å². The summed E-state index contributed by atoms with van der Waals surface area (Å²) in [6.45, 7) is 8.46. The van der Waals surface area contributed by atoms with Crippen molar-refractivity contribution in [1.82, 2.24) is 19.4 Å². The number of rotatable bonds is 9. The van der Waals surface area contributed by atoms with Crippen LogP contribution < -0.4 is 10.2 Å². The smallest absolute Gasteiger partial charge is 0.229 e. The highest BCUT2D eigenvalue weighted by molar-refractivity contribution is 5.78. The highest BCUT2D eigenvalue weighted by Crippen LogP contribution is 2.28. The van der Waals surface area contributed by atoms with Gasteiger partial charge >= 0.3 is 0 Å². The number of aromatic nitrogens is 3. The molecule has 2 aromatic heterocycles. The van der Waals surface area contributed by atoms with Crippen molar-refractivity contribution >= 4 is 34.6 Å². The van der Waals surface area contributed by atoms with Crippen molar-refractivity contribution in [1.29, 1.82) is 0 Å². The number of fused-ring (bicyclic) bond motifs is 1. The van der Waals surface area contributed by atoms with E-state index in [1.54, 1.807) is 0 Å². The number of carbonyl (C=O) groups excluding carboxylic acids is 1. The van der Waals surface area contributed by atoms with Crippen LogP contribution in [-0.4, -0.2) is 63.6 Å². The molecular formula is C24H32N6O2. The van der Waals surface area contributed by atoms with Crippen molar-refractivity contribution < 1.29 is 9.90 Å². The maximum Gasteiger partial charge on any atom is 0.229 e. The molecule has 8 heteroatoms. The van der Waals surface area contributed by atoms with E-state index in [4.69, 9.17) is 4.98 Å². The molecule has 3 heterocycles. The minimum Gasteiger partial charge on any atom is -0.390 e. The monoisotopic (exact) mass is 436 g/mol. The maximum absolute atomic E-state index is 10.7. The van der Waals surface area contributed by atoms with Crippen LogP contribution in [0.25, 0.3) is 11.0 Å². The zero-order valence-electron chi connectivity index (χ0n) is 18.9. The molecule has 1 aliphatic heterocycles. The molecule has 0 atom stereocenters. The number of piperazine rings is 1. The lowest BCUT2D eigenvalue weighted by molar-refractivity contribution is -0.108. The van der Waals surface area contributed by atoms with E-state index in [0.717, 1.165) is 67.7 Å². The van der Waals surface area contributed by atoms with E-state index < -0.39 is 0 Å². The van der Waals surface area contributed by atoms with Crippen LogP contribution in [0.4, 0.5) is 17.3 Å². The topological polar surface area (TPSA) is 86.5 Å². The number of benzene rings is 1. The Morgan fingerprint density at radius 1 is 1.12 bits per heavy atom. The molecule has 0 bridgehead atoms. The molecule has 0 amide bonds. The van der Waals surface area contributed by atoms with E-state index in [1.165, 1.54) is 5.69 Å². The molecular weight excluding hydrogens is 404 g/mol. The number of aliphatic hydroxyl groups is 1. The number of anilines is 3. The van der Waals surface area contributed by atoms with Gasteiger partial charge in [0.2, 0.25) is 5.95 Å². The molecule has 8 nitrogen and oxygen atoms in total. The lowest BCUT2D eigenvalue weighted by Gasteiger charge is -2.35. The number of hydrogen-bond donors (Lipinski definition) is 2. The first kappa shape index (κ1) is 22.2. The zero-order valence-corrected chi connectivity index (χ0v) is 18.9. The maximum atomic E-state index is 10.7. The van der Waals surface area contributed by atoms with Gasteiger partial charge in [0.25, 0.3) is 0 Å². The van der Waals surface area contributed by atoms with Crippen LogP contribution >= 0.6 is 0 Å². The van der Waals surface area contributed by atoms with Crippen molar-refractivity contribution in [3.05, 3.63) is 42.2 Å². The third kappa shape index (κ3) is 4.61. The minimum absolute atomic E-state index is 0.0134. The van der Waals surface area contributed by atoms with Crippen molar-refractivity contribution in [3.63, 3.8) is 0 Å². The molecule has 0 spiro atoms. The van der Waals surface area contributed by atoms with E-state index in [1.807, 2.05) is 24.4 Å². The Kier molecular flexibility index (Phi) is 7.02. The van der Waals surface area contributed by atoms with Gasteiger partial charge in [-0.1, -0.05) is 13.8 Å². The Balaban J connectivity index is 1.50. The average Bonchev–Trinajstić information content (AvgIpc) is 3.19. The van der Waals surface area contributed by atoms with Gasteiger partial charge in [0.1, 0.15) is 11.9 Å². The second-order valence-electron chi connectivity index (χ2n) is 8.23. The van der Waals surface area contributed by atoms with Crippen molar-refractivity contribution in [2.24, 2.45) is 0 Å². The lowest BCUT2D eigenvalue weighted by atomic mass is 10.1. The predicted octanol–water partition coefficient (Wildman–Crippen LogP) is 3.35. The SMILES string of the molecule is CCC(CC)n1c(CO)cc2cnc(Nc3ccc(N4CCN(CC=O)CC4)cc3)nc21. The Bertz CT molecular complexity index is 1040. The molecule has 1 saturated heterocycles. The number of hydrogen-bond acceptors (Lipinski definition) is 7. The van der Waals surface area contributed by atoms with Gasteiger partial charge in [-0.25, -0.2) is 4.98 Å². The predicted molar refractivity (Wildman–Crippen MR) is 128 cm³/mol. The fourth-order valence-electron chi connectivity index (χ4n) is 4.48. The summed E-state index contributed by atoms with van der Waals surface area (Å²) in [5.74, 6) is 0.544. The molecule has 0 unspecified atom stereocenters. The van der Waals surface area contributed by atoms with Crippen molar-refractivity contribution in [3.8, 4) is 0 Å². The fourth-order valence-corrected chi connectivity index (χ4v) is 4.48. The fraction of sp³-hybridized carbons (Fsp3) is 0.458. The minimum atomic E-state index is -0.0134. The molecule has 1 aliphatic rings. The highest BCUT2D eigenvalue weighted by atomic mass is 16.3. The van der Waals surface area contributed by atoms with Gasteiger partial charge in [0, 0.05) is 60.9 Å². The third-order valence-electron chi connectivity index (χ3n) is 6.32. The molecule has 3 aromatic rings. The third-order valence-corrected chi connectivity index (χ3v) is 6.32. The van der Waals surface area contributed by atoms with E-state index in [0.29, 0.717) is 18.5 Å². The van der Waals surface area contributed by atoms with Crippen LogP contribution in [0.3, 0.4) is 0 Å². The van der Waals surface area contributed by atoms with Gasteiger partial charge in [-0.2, -0.15) is 4.98 Å². The number of aliphatic hydroxyl groups excluding tert-OH is 1. The van der Waals surface area contributed by atoms with Gasteiger partial charge in [0.05, 0.1) is 13.2 Å². The van der Waals surface area contributed by atoms with E-state index >= 15 is 0 Å². The first-order valence-electron chi connectivity index (χ1n) is 11.4. The van der Waals surface area contributed by atoms with Gasteiger partial charge in [-0.3, -0.25) is 4.90 Å². The van der Waals surface area contributed by atoms with Gasteiger partial charge in [-0.05, 0) is 43.2 Å². The number of aldehydes is 1. The van der Waals surface area contributed by atoms with Crippen LogP contribution in [-0.2, 0) is 11.4 Å². The van der Waals surface area contributed by atoms with Crippen LogP contribution in [0.15, 0.2) is 36.5 Å². The van der Waals surface area contributed by atoms with Crippen LogP contribution in [0, 0.1) is 0 Å². The van der Waals surface area contributed by atoms with Gasteiger partial charge in [-0.15, -0.1) is 0 Å². The van der Waals surface area contributed by atoms with Crippen molar-refractivity contribution in [2.45, 2.75) is 39.3 Å². The Labute approximate surface area is 188 Å². The zero-order chi connectivity index (χ0) is 22.5. The summed E-state index contributed by atoms with van der Waals surface area (Å²) in [5.41, 5.74) is 3.83. The Hall–Kier alpha value is -2.97. The molecule has 0 aliphatic carbocycles. The standard InChI is InChI=1S/C24H32N6O2/c1-3-20(4-2)30-22(17-32)15-18-16-25-24(27-23(18)30)26-19-5-7-21(8-6-19)29-11-9-28(10-12-29)13-14-31/h5-8,14-16,20,32H,3-4,9-13,17H2,1-2H3,(H,25,26,27).